The zero-order valence-corrected chi connectivity index (χ0v) is 49.5. The molecule has 1 unspecified atom stereocenters. The monoisotopic (exact) mass is 1130 g/mol. The van der Waals surface area contributed by atoms with Crippen LogP contribution in [-0.4, -0.2) is 236 Å². The molecule has 446 valence electrons. The molecule has 5 N–H and O–H groups in total. The highest BCUT2D eigenvalue weighted by Crippen LogP contribution is 2.41. The van der Waals surface area contributed by atoms with Crippen molar-refractivity contribution < 1.29 is 76.7 Å². The second-order valence-electron chi connectivity index (χ2n) is 24.0. The Morgan fingerprint density at radius 3 is 2.18 bits per heavy atom. The SMILES string of the molecule is CC[C@H]1OC(=O)[C@H](C)[C@@H](O[C@H]2C[C@@](C)(OC)[C@@H](O)[C@H](C)O2)[C@H](C)[C@@H](O[C@@H]2O[C@H](C)C[C@H](N(C)CCCC3CN(C[C@H]4CN(c5ccc(S(=O)(=O)N(C)C)cc5)C(=O)O4)N=N3)[C@H]2O)[C@](C)(O)C[C@@H](C)CN(C)[C@H](C)[C@@H](O)[C@]1(C)O. The number of benzene rings is 1. The van der Waals surface area contributed by atoms with Crippen molar-refractivity contribution >= 4 is 27.8 Å². The van der Waals surface area contributed by atoms with Gasteiger partial charge in [-0.05, 0) is 131 Å². The number of ether oxygens (including phenoxy) is 7. The van der Waals surface area contributed by atoms with Gasteiger partial charge < -0.3 is 68.5 Å². The first-order valence-corrected chi connectivity index (χ1v) is 29.2. The maximum absolute atomic E-state index is 14.5. The highest BCUT2D eigenvalue weighted by atomic mass is 32.2. The Kier molecular flexibility index (Phi) is 21.3. The molecule has 0 aliphatic carbocycles. The Labute approximate surface area is 462 Å². The molecule has 5 aliphatic heterocycles. The number of amides is 1. The van der Waals surface area contributed by atoms with Gasteiger partial charge in [0.1, 0.15) is 36.1 Å². The van der Waals surface area contributed by atoms with E-state index in [0.717, 1.165) is 4.31 Å². The molecule has 0 radical (unpaired) electrons. The van der Waals surface area contributed by atoms with Crippen molar-refractivity contribution in [2.45, 2.75) is 215 Å². The van der Waals surface area contributed by atoms with E-state index in [0.29, 0.717) is 51.1 Å². The first-order chi connectivity index (χ1) is 36.3. The van der Waals surface area contributed by atoms with Gasteiger partial charge in [-0.2, -0.15) is 5.11 Å². The minimum absolute atomic E-state index is 0.0867. The van der Waals surface area contributed by atoms with Crippen molar-refractivity contribution in [1.29, 1.82) is 0 Å². The van der Waals surface area contributed by atoms with E-state index in [9.17, 15) is 43.5 Å². The van der Waals surface area contributed by atoms with Crippen LogP contribution in [0, 0.1) is 17.8 Å². The standard InChI is InChI=1S/C54H93N7O16S/c1-16-42-54(10,68)46(63)35(6)59(14)27-31(2)25-52(8,67)48(33(4)45(34(5)49(65)75-42)76-43-26-53(9,71-15)47(64)36(7)73-43)77-50-44(62)41(24-32(3)72-50)58(13)23-17-18-37-28-60(56-55-37)29-39-30-61(51(66)74-39)38-19-21-40(22-20-38)78(69,70)57(11)12/h19-22,31-37,39,41-48,50,62-64,67-68H,16-18,23-30H2,1-15H3/t31-,32-,33+,34-,35-,36+,37?,39+,41+,42-,43+,44-,45+,46-,47+,48-,50+,52-,53-,54-/m1/s1. The number of anilines is 1. The highest BCUT2D eigenvalue weighted by molar-refractivity contribution is 7.89. The number of aliphatic hydroxyl groups excluding tert-OH is 3. The summed E-state index contributed by atoms with van der Waals surface area (Å²) in [6, 6.07) is 4.97. The molecule has 20 atom stereocenters. The van der Waals surface area contributed by atoms with Gasteiger partial charge in [0.25, 0.3) is 0 Å². The molecular formula is C54H93N7O16S. The predicted octanol–water partition coefficient (Wildman–Crippen LogP) is 3.38. The molecule has 0 aromatic heterocycles. The number of cyclic esters (lactones) is 2. The van der Waals surface area contributed by atoms with Gasteiger partial charge in [0.05, 0.1) is 72.1 Å². The lowest BCUT2D eigenvalue weighted by Gasteiger charge is -2.49. The Balaban J connectivity index is 1.15. The summed E-state index contributed by atoms with van der Waals surface area (Å²) in [6.45, 7) is 19.6. The van der Waals surface area contributed by atoms with Crippen LogP contribution in [0.3, 0.4) is 0 Å². The minimum Gasteiger partial charge on any atom is -0.459 e. The number of aliphatic hydroxyl groups is 5. The summed E-state index contributed by atoms with van der Waals surface area (Å²) >= 11 is 0. The highest BCUT2D eigenvalue weighted by Gasteiger charge is 2.53. The molecule has 5 heterocycles. The van der Waals surface area contributed by atoms with E-state index in [2.05, 4.69) is 15.2 Å². The van der Waals surface area contributed by atoms with Gasteiger partial charge in [-0.1, -0.05) is 26.0 Å². The molecule has 0 spiro atoms. The van der Waals surface area contributed by atoms with Crippen molar-refractivity contribution in [2.24, 2.45) is 28.1 Å². The summed E-state index contributed by atoms with van der Waals surface area (Å²) in [5.74, 6) is -2.85. The molecule has 5 aliphatic rings. The van der Waals surface area contributed by atoms with Crippen LogP contribution < -0.4 is 4.90 Å². The fraction of sp³-hybridized carbons (Fsp3) is 0.852. The zero-order chi connectivity index (χ0) is 58.0. The molecule has 6 rings (SSSR count). The van der Waals surface area contributed by atoms with E-state index in [1.807, 2.05) is 32.8 Å². The first kappa shape index (κ1) is 64.0. The van der Waals surface area contributed by atoms with Crippen LogP contribution in [0.15, 0.2) is 39.5 Å². The fourth-order valence-corrected chi connectivity index (χ4v) is 13.1. The second-order valence-corrected chi connectivity index (χ2v) is 26.1. The molecule has 1 aromatic carbocycles. The first-order valence-electron chi connectivity index (χ1n) is 27.8. The largest absolute Gasteiger partial charge is 0.459 e. The summed E-state index contributed by atoms with van der Waals surface area (Å²) in [5, 5.41) is 70.5. The Bertz CT molecular complexity index is 2280. The molecule has 78 heavy (non-hydrogen) atoms. The van der Waals surface area contributed by atoms with Crippen molar-refractivity contribution in [2.75, 3.05) is 72.9 Å². The number of carbonyl (C=O) groups excluding carboxylic acids is 2. The summed E-state index contributed by atoms with van der Waals surface area (Å²) in [5.41, 5.74) is -4.06. The topological polar surface area (TPSA) is 275 Å². The van der Waals surface area contributed by atoms with Gasteiger partial charge in [0, 0.05) is 57.9 Å². The van der Waals surface area contributed by atoms with Gasteiger partial charge in [-0.25, -0.2) is 17.5 Å². The average Bonchev–Trinajstić information content (AvgIpc) is 3.99. The van der Waals surface area contributed by atoms with Gasteiger partial charge in [-0.15, -0.1) is 0 Å². The maximum atomic E-state index is 14.5. The number of rotatable bonds is 16. The lowest BCUT2D eigenvalue weighted by molar-refractivity contribution is -0.318. The molecule has 4 fully saturated rings. The Hall–Kier alpha value is -3.21. The number of nitrogens with zero attached hydrogens (tertiary/aromatic N) is 7. The van der Waals surface area contributed by atoms with E-state index in [1.165, 1.54) is 45.2 Å². The van der Waals surface area contributed by atoms with Crippen molar-refractivity contribution in [1.82, 2.24) is 19.1 Å². The minimum atomic E-state index is -3.63. The lowest BCUT2D eigenvalue weighted by atomic mass is 9.77. The number of carbonyl (C=O) groups is 2. The van der Waals surface area contributed by atoms with E-state index in [4.69, 9.17) is 33.2 Å². The van der Waals surface area contributed by atoms with E-state index in [-0.39, 0.29) is 48.8 Å². The van der Waals surface area contributed by atoms with Crippen LogP contribution in [0.2, 0.25) is 0 Å². The number of esters is 1. The molecular weight excluding hydrogens is 1030 g/mol. The normalized spacial score (nSPS) is 41.0. The molecule has 0 saturated carbocycles. The molecule has 0 bridgehead atoms. The predicted molar refractivity (Wildman–Crippen MR) is 288 cm³/mol. The summed E-state index contributed by atoms with van der Waals surface area (Å²) in [4.78, 5) is 33.0. The van der Waals surface area contributed by atoms with Crippen LogP contribution in [0.1, 0.15) is 108 Å². The number of methoxy groups -OCH3 is 1. The Morgan fingerprint density at radius 2 is 1.55 bits per heavy atom. The van der Waals surface area contributed by atoms with E-state index >= 15 is 0 Å². The third kappa shape index (κ3) is 14.5. The summed E-state index contributed by atoms with van der Waals surface area (Å²) < 4.78 is 70.2. The molecule has 1 amide bonds. The van der Waals surface area contributed by atoms with Crippen LogP contribution in [-0.2, 0) is 48.0 Å². The van der Waals surface area contributed by atoms with Gasteiger partial charge in [0.15, 0.2) is 12.6 Å². The van der Waals surface area contributed by atoms with Crippen LogP contribution in [0.5, 0.6) is 0 Å². The number of hydrogen-bond donors (Lipinski definition) is 5. The third-order valence-electron chi connectivity index (χ3n) is 17.1. The van der Waals surface area contributed by atoms with Crippen molar-refractivity contribution in [3.63, 3.8) is 0 Å². The zero-order valence-electron chi connectivity index (χ0n) is 48.7. The van der Waals surface area contributed by atoms with E-state index < -0.39 is 124 Å². The molecule has 23 nitrogen and oxygen atoms in total. The van der Waals surface area contributed by atoms with Gasteiger partial charge in [-0.3, -0.25) is 14.7 Å². The summed E-state index contributed by atoms with van der Waals surface area (Å²) in [7, 11) is 4.55. The Morgan fingerprint density at radius 1 is 0.885 bits per heavy atom. The van der Waals surface area contributed by atoms with E-state index in [1.54, 1.807) is 65.6 Å². The maximum Gasteiger partial charge on any atom is 0.414 e. The van der Waals surface area contributed by atoms with Crippen LogP contribution in [0.25, 0.3) is 0 Å². The number of likely N-dealkylation sites (N-methyl/N-ethyl adjacent to an activating group) is 2. The second kappa shape index (κ2) is 25.9. The molecule has 4 saturated heterocycles. The third-order valence-corrected chi connectivity index (χ3v) is 19.0. The number of sulfonamides is 1. The summed E-state index contributed by atoms with van der Waals surface area (Å²) in [6.07, 6.45) is -8.88. The molecule has 1 aromatic rings. The smallest absolute Gasteiger partial charge is 0.414 e. The van der Waals surface area contributed by atoms with Crippen LogP contribution in [0.4, 0.5) is 10.5 Å². The quantitative estimate of drug-likeness (QED) is 0.148. The van der Waals surface area contributed by atoms with Crippen molar-refractivity contribution in [3.05, 3.63) is 24.3 Å². The van der Waals surface area contributed by atoms with Crippen LogP contribution >= 0.6 is 0 Å². The fourth-order valence-electron chi connectivity index (χ4n) is 12.2. The number of hydrogen-bond acceptors (Lipinski definition) is 21. The van der Waals surface area contributed by atoms with Crippen molar-refractivity contribution in [3.8, 4) is 0 Å². The lowest BCUT2D eigenvalue weighted by Crippen LogP contribution is -2.60. The average molecular weight is 1130 g/mol. The van der Waals surface area contributed by atoms with Gasteiger partial charge in [0.2, 0.25) is 10.0 Å². The molecule has 24 heteroatoms. The van der Waals surface area contributed by atoms with Gasteiger partial charge >= 0.3 is 12.1 Å².